The number of nitrogens with two attached hydrogens (primary N) is 1. The number of fused-ring (bicyclic) bond motifs is 1. The van der Waals surface area contributed by atoms with Gasteiger partial charge in [0.15, 0.2) is 11.5 Å². The monoisotopic (exact) mass is 414 g/mol. The summed E-state index contributed by atoms with van der Waals surface area (Å²) in [5.41, 5.74) is 10.8. The maximum Gasteiger partial charge on any atom is 0.165 e. The number of imidazole rings is 1. The average Bonchev–Trinajstić information content (AvgIpc) is 3.18. The molecule has 4 rings (SSSR count). The molecular weight excluding hydrogens is 391 g/mol. The number of pyridine rings is 2. The van der Waals surface area contributed by atoms with Crippen LogP contribution in [0.5, 0.6) is 0 Å². The van der Waals surface area contributed by atoms with Crippen LogP contribution in [0.25, 0.3) is 28.2 Å². The SMILES string of the molecule is C/C=C(/F)C(=NC)c1ccc2nc(-c3cccnc3N)n(-c3ccc(CC)cc3)c2n1. The first-order chi connectivity index (χ1) is 15.1. The van der Waals surface area contributed by atoms with E-state index in [-0.39, 0.29) is 5.71 Å². The van der Waals surface area contributed by atoms with Crippen LogP contribution < -0.4 is 5.73 Å². The van der Waals surface area contributed by atoms with Gasteiger partial charge in [-0.15, -0.1) is 0 Å². The van der Waals surface area contributed by atoms with Crippen LogP contribution in [0.1, 0.15) is 25.1 Å². The van der Waals surface area contributed by atoms with Gasteiger partial charge in [-0.05, 0) is 61.4 Å². The van der Waals surface area contributed by atoms with Crippen LogP contribution in [0.3, 0.4) is 0 Å². The normalized spacial score (nSPS) is 12.5. The quantitative estimate of drug-likeness (QED) is 0.470. The topological polar surface area (TPSA) is 82.0 Å². The number of nitrogen functional groups attached to an aromatic ring is 1. The van der Waals surface area contributed by atoms with Gasteiger partial charge in [0.1, 0.15) is 22.9 Å². The summed E-state index contributed by atoms with van der Waals surface area (Å²) in [4.78, 5) is 17.8. The van der Waals surface area contributed by atoms with Gasteiger partial charge in [-0.2, -0.15) is 0 Å². The molecule has 0 fully saturated rings. The highest BCUT2D eigenvalue weighted by Crippen LogP contribution is 2.30. The number of aliphatic imine (C=N–C) groups is 1. The van der Waals surface area contributed by atoms with E-state index >= 15 is 0 Å². The maximum atomic E-state index is 14.4. The van der Waals surface area contributed by atoms with E-state index in [1.807, 2.05) is 34.9 Å². The summed E-state index contributed by atoms with van der Waals surface area (Å²) in [6.07, 6.45) is 3.95. The number of benzene rings is 1. The van der Waals surface area contributed by atoms with Crippen molar-refractivity contribution >= 4 is 22.7 Å². The summed E-state index contributed by atoms with van der Waals surface area (Å²) in [7, 11) is 1.55. The lowest BCUT2D eigenvalue weighted by molar-refractivity contribution is 0.678. The third kappa shape index (κ3) is 3.70. The van der Waals surface area contributed by atoms with Gasteiger partial charge in [-0.3, -0.25) is 9.56 Å². The van der Waals surface area contributed by atoms with Crippen molar-refractivity contribution < 1.29 is 4.39 Å². The first kappa shape index (κ1) is 20.4. The Morgan fingerprint density at radius 1 is 1.13 bits per heavy atom. The van der Waals surface area contributed by atoms with Crippen molar-refractivity contribution in [2.45, 2.75) is 20.3 Å². The number of allylic oxidation sites excluding steroid dienone is 2. The van der Waals surface area contributed by atoms with Crippen LogP contribution in [-0.4, -0.2) is 32.3 Å². The Kier molecular flexibility index (Phi) is 5.58. The number of nitrogens with zero attached hydrogens (tertiary/aromatic N) is 5. The van der Waals surface area contributed by atoms with E-state index in [9.17, 15) is 4.39 Å². The summed E-state index contributed by atoms with van der Waals surface area (Å²) in [6, 6.07) is 15.4. The van der Waals surface area contributed by atoms with Gasteiger partial charge in [0.05, 0.1) is 11.3 Å². The van der Waals surface area contributed by atoms with Crippen LogP contribution in [0.4, 0.5) is 10.2 Å². The average molecular weight is 414 g/mol. The second-order valence-corrected chi connectivity index (χ2v) is 6.98. The molecule has 0 radical (unpaired) electrons. The van der Waals surface area contributed by atoms with Crippen molar-refractivity contribution in [3.8, 4) is 17.1 Å². The van der Waals surface area contributed by atoms with Gasteiger partial charge in [0.2, 0.25) is 0 Å². The van der Waals surface area contributed by atoms with E-state index in [1.165, 1.54) is 11.6 Å². The summed E-state index contributed by atoms with van der Waals surface area (Å²) < 4.78 is 16.3. The molecule has 0 saturated carbocycles. The number of hydrogen-bond acceptors (Lipinski definition) is 5. The van der Waals surface area contributed by atoms with E-state index in [2.05, 4.69) is 29.0 Å². The van der Waals surface area contributed by atoms with Crippen molar-refractivity contribution in [1.29, 1.82) is 0 Å². The molecule has 0 atom stereocenters. The van der Waals surface area contributed by atoms with E-state index in [1.54, 1.807) is 26.2 Å². The van der Waals surface area contributed by atoms with Crippen molar-refractivity contribution in [1.82, 2.24) is 19.5 Å². The first-order valence-corrected chi connectivity index (χ1v) is 10.1. The van der Waals surface area contributed by atoms with Crippen LogP contribution >= 0.6 is 0 Å². The number of hydrogen-bond donors (Lipinski definition) is 1. The molecule has 7 heteroatoms. The standard InChI is InChI=1S/C24H23FN6/c1-4-15-8-10-16(11-9-15)31-23(17-7-6-14-28-22(17)26)30-20-13-12-19(29-24(20)31)21(27-3)18(25)5-2/h5-14H,4H2,1-3H3,(H2,26,28)/b18-5+,27-21?. The zero-order chi connectivity index (χ0) is 22.0. The molecule has 156 valence electrons. The fourth-order valence-corrected chi connectivity index (χ4v) is 3.48. The van der Waals surface area contributed by atoms with Crippen molar-refractivity contribution in [3.63, 3.8) is 0 Å². The lowest BCUT2D eigenvalue weighted by Gasteiger charge is -2.11. The molecule has 0 aliphatic heterocycles. The molecule has 0 spiro atoms. The molecule has 0 unspecified atom stereocenters. The fraction of sp³-hybridized carbons (Fsp3) is 0.167. The Bertz CT molecular complexity index is 1300. The predicted molar refractivity (Wildman–Crippen MR) is 123 cm³/mol. The van der Waals surface area contributed by atoms with Gasteiger partial charge in [0, 0.05) is 18.9 Å². The number of aryl methyl sites for hydroxylation is 1. The number of halogens is 1. The van der Waals surface area contributed by atoms with Gasteiger partial charge in [-0.1, -0.05) is 19.1 Å². The Hall–Kier alpha value is -3.87. The Morgan fingerprint density at radius 2 is 1.90 bits per heavy atom. The number of anilines is 1. The lowest BCUT2D eigenvalue weighted by Crippen LogP contribution is -2.07. The number of aromatic nitrogens is 4. The first-order valence-electron chi connectivity index (χ1n) is 10.1. The van der Waals surface area contributed by atoms with Crippen LogP contribution in [0.15, 0.2) is 71.6 Å². The van der Waals surface area contributed by atoms with Crippen LogP contribution in [0.2, 0.25) is 0 Å². The van der Waals surface area contributed by atoms with Crippen molar-refractivity contribution in [3.05, 3.63) is 77.9 Å². The highest BCUT2D eigenvalue weighted by Gasteiger charge is 2.20. The predicted octanol–water partition coefficient (Wildman–Crippen LogP) is 4.92. The zero-order valence-electron chi connectivity index (χ0n) is 17.7. The lowest BCUT2D eigenvalue weighted by atomic mass is 10.1. The minimum absolute atomic E-state index is 0.195. The van der Waals surface area contributed by atoms with E-state index < -0.39 is 5.83 Å². The number of rotatable bonds is 5. The van der Waals surface area contributed by atoms with Crippen LogP contribution in [-0.2, 0) is 6.42 Å². The molecule has 0 aliphatic carbocycles. The van der Waals surface area contributed by atoms with Gasteiger partial charge >= 0.3 is 0 Å². The Balaban J connectivity index is 2.02. The van der Waals surface area contributed by atoms with E-state index in [0.29, 0.717) is 34.1 Å². The maximum absolute atomic E-state index is 14.4. The van der Waals surface area contributed by atoms with Crippen LogP contribution in [0, 0.1) is 0 Å². The molecule has 1 aromatic carbocycles. The summed E-state index contributed by atoms with van der Waals surface area (Å²) in [6.45, 7) is 3.74. The summed E-state index contributed by atoms with van der Waals surface area (Å²) in [5, 5.41) is 0. The third-order valence-electron chi connectivity index (χ3n) is 5.13. The van der Waals surface area contributed by atoms with Gasteiger partial charge in [-0.25, -0.2) is 19.3 Å². The second kappa shape index (κ2) is 8.47. The van der Waals surface area contributed by atoms with Crippen molar-refractivity contribution in [2.75, 3.05) is 12.8 Å². The summed E-state index contributed by atoms with van der Waals surface area (Å²) in [5.74, 6) is 0.570. The Labute approximate surface area is 180 Å². The van der Waals surface area contributed by atoms with E-state index in [4.69, 9.17) is 15.7 Å². The highest BCUT2D eigenvalue weighted by atomic mass is 19.1. The molecule has 4 aromatic rings. The third-order valence-corrected chi connectivity index (χ3v) is 5.13. The fourth-order valence-electron chi connectivity index (χ4n) is 3.48. The Morgan fingerprint density at radius 3 is 2.55 bits per heavy atom. The molecule has 0 aliphatic rings. The van der Waals surface area contributed by atoms with Gasteiger partial charge in [0.25, 0.3) is 0 Å². The molecular formula is C24H23FN6. The van der Waals surface area contributed by atoms with E-state index in [0.717, 1.165) is 12.1 Å². The summed E-state index contributed by atoms with van der Waals surface area (Å²) >= 11 is 0. The van der Waals surface area contributed by atoms with Crippen molar-refractivity contribution in [2.24, 2.45) is 4.99 Å². The molecule has 0 saturated heterocycles. The highest BCUT2D eigenvalue weighted by molar-refractivity contribution is 6.10. The molecule has 0 bridgehead atoms. The molecule has 0 amide bonds. The van der Waals surface area contributed by atoms with Gasteiger partial charge < -0.3 is 5.73 Å². The largest absolute Gasteiger partial charge is 0.383 e. The molecule has 31 heavy (non-hydrogen) atoms. The smallest absolute Gasteiger partial charge is 0.165 e. The molecule has 2 N–H and O–H groups in total. The molecule has 3 heterocycles. The minimum atomic E-state index is -0.426. The second-order valence-electron chi connectivity index (χ2n) is 6.98. The molecule has 6 nitrogen and oxygen atoms in total. The molecule has 3 aromatic heterocycles. The minimum Gasteiger partial charge on any atom is -0.383 e. The zero-order valence-corrected chi connectivity index (χ0v) is 17.7.